The van der Waals surface area contributed by atoms with Gasteiger partial charge in [-0.05, 0) is 43.4 Å². The van der Waals surface area contributed by atoms with Crippen LogP contribution in [0.15, 0.2) is 22.7 Å². The molecule has 0 radical (unpaired) electrons. The third kappa shape index (κ3) is 3.83. The molecular weight excluding hydrogens is 437 g/mol. The Balaban J connectivity index is 1.43. The Morgan fingerprint density at radius 2 is 1.85 bits per heavy atom. The number of amides is 2. The van der Waals surface area contributed by atoms with Gasteiger partial charge in [0.05, 0.1) is 23.8 Å². The Kier molecular flexibility index (Phi) is 5.29. The van der Waals surface area contributed by atoms with Crippen LogP contribution in [0.3, 0.4) is 0 Å². The first-order chi connectivity index (χ1) is 15.5. The van der Waals surface area contributed by atoms with Crippen LogP contribution in [0.25, 0.3) is 11.3 Å². The Morgan fingerprint density at radius 1 is 1.18 bits per heavy atom. The van der Waals surface area contributed by atoms with Crippen molar-refractivity contribution in [2.24, 2.45) is 5.92 Å². The average molecular weight is 463 g/mol. The standard InChI is InChI=1S/C21H26B4ClN3O4/c1-10(11-2-3-11)28-7-13-4-12(5-14(26)17(13)19(28)31)16-6-15(27-33-16)18(30)29-20(22,23)8-32-9-21(29,24)25/h4-6,10-11H,2-3,7-9,22-25H2,1H3. The molecule has 33 heavy (non-hydrogen) atoms. The molecule has 2 fully saturated rings. The number of nitrogens with zero attached hydrogens (tertiary/aromatic N) is 3. The molecule has 5 rings (SSSR count). The van der Waals surface area contributed by atoms with Crippen LogP contribution in [0.4, 0.5) is 0 Å². The van der Waals surface area contributed by atoms with Gasteiger partial charge in [-0.2, -0.15) is 0 Å². The molecule has 1 saturated heterocycles. The van der Waals surface area contributed by atoms with Crippen molar-refractivity contribution in [3.8, 4) is 11.3 Å². The average Bonchev–Trinajstić information content (AvgIpc) is 3.34. The van der Waals surface area contributed by atoms with Gasteiger partial charge in [0.1, 0.15) is 31.4 Å². The summed E-state index contributed by atoms with van der Waals surface area (Å²) >= 11 is 6.55. The second-order valence-corrected chi connectivity index (χ2v) is 11.2. The summed E-state index contributed by atoms with van der Waals surface area (Å²) < 4.78 is 11.3. The number of carbonyl (C=O) groups is 2. The van der Waals surface area contributed by atoms with E-state index in [1.165, 1.54) is 12.8 Å². The zero-order valence-corrected chi connectivity index (χ0v) is 20.5. The minimum Gasteiger partial charge on any atom is -0.380 e. The van der Waals surface area contributed by atoms with Crippen LogP contribution in [0.5, 0.6) is 0 Å². The van der Waals surface area contributed by atoms with Crippen molar-refractivity contribution >= 4 is 54.8 Å². The molecule has 3 heterocycles. The van der Waals surface area contributed by atoms with E-state index in [9.17, 15) is 9.59 Å². The van der Waals surface area contributed by atoms with Gasteiger partial charge < -0.3 is 19.1 Å². The molecule has 3 aliphatic rings. The van der Waals surface area contributed by atoms with Crippen molar-refractivity contribution in [1.29, 1.82) is 0 Å². The zero-order valence-electron chi connectivity index (χ0n) is 19.8. The summed E-state index contributed by atoms with van der Waals surface area (Å²) in [6.07, 6.45) is 2.35. The number of halogens is 1. The molecule has 2 aliphatic heterocycles. The molecule has 7 nitrogen and oxygen atoms in total. The fourth-order valence-electron chi connectivity index (χ4n) is 5.41. The molecule has 1 saturated carbocycles. The summed E-state index contributed by atoms with van der Waals surface area (Å²) in [5.41, 5.74) is 2.40. The summed E-state index contributed by atoms with van der Waals surface area (Å²) in [4.78, 5) is 30.1. The van der Waals surface area contributed by atoms with E-state index in [0.717, 1.165) is 5.56 Å². The van der Waals surface area contributed by atoms with E-state index >= 15 is 0 Å². The van der Waals surface area contributed by atoms with Gasteiger partial charge in [-0.1, -0.05) is 16.8 Å². The summed E-state index contributed by atoms with van der Waals surface area (Å²) in [5.74, 6) is 0.826. The van der Waals surface area contributed by atoms with Gasteiger partial charge in [-0.25, -0.2) is 0 Å². The lowest BCUT2D eigenvalue weighted by Crippen LogP contribution is -2.71. The second kappa shape index (κ2) is 7.70. The lowest BCUT2D eigenvalue weighted by molar-refractivity contribution is -0.0172. The molecule has 1 unspecified atom stereocenters. The monoisotopic (exact) mass is 463 g/mol. The lowest BCUT2D eigenvalue weighted by atomic mass is 9.51. The second-order valence-electron chi connectivity index (χ2n) is 10.8. The van der Waals surface area contributed by atoms with E-state index in [2.05, 4.69) is 12.1 Å². The first kappa shape index (κ1) is 22.7. The Labute approximate surface area is 202 Å². The SMILES string of the molecule is BC1(B)COCC(B)(B)N1C(=O)c1cc(-c2cc(Cl)c3c(c2)CN(C(C)C2CC2)C3=O)on1. The molecular formula is C21H26B4ClN3O4. The third-order valence-corrected chi connectivity index (χ3v) is 7.42. The largest absolute Gasteiger partial charge is 0.380 e. The summed E-state index contributed by atoms with van der Waals surface area (Å²) in [6.45, 7) is 3.56. The predicted octanol–water partition coefficient (Wildman–Crippen LogP) is -0.938. The molecule has 2 amide bonds. The minimum absolute atomic E-state index is 0.00818. The maximum Gasteiger partial charge on any atom is 0.274 e. The number of benzene rings is 1. The van der Waals surface area contributed by atoms with Gasteiger partial charge in [0.25, 0.3) is 11.8 Å². The Bertz CT molecular complexity index is 1130. The van der Waals surface area contributed by atoms with Gasteiger partial charge in [-0.3, -0.25) is 9.59 Å². The van der Waals surface area contributed by atoms with Crippen molar-refractivity contribution in [1.82, 2.24) is 15.0 Å². The van der Waals surface area contributed by atoms with E-state index in [1.807, 2.05) is 47.3 Å². The number of morpholine rings is 1. The van der Waals surface area contributed by atoms with E-state index in [-0.39, 0.29) is 23.6 Å². The Hall–Kier alpha value is -2.12. The zero-order chi connectivity index (χ0) is 23.7. The molecule has 0 bridgehead atoms. The predicted molar refractivity (Wildman–Crippen MR) is 136 cm³/mol. The van der Waals surface area contributed by atoms with Crippen molar-refractivity contribution < 1.29 is 18.8 Å². The first-order valence-electron chi connectivity index (χ1n) is 11.5. The molecule has 1 atom stereocenters. The molecule has 0 N–H and O–H groups in total. The summed E-state index contributed by atoms with van der Waals surface area (Å²) in [5, 5.41) is 3.53. The number of fused-ring (bicyclic) bond motifs is 1. The number of carbonyl (C=O) groups excluding carboxylic acids is 2. The quantitative estimate of drug-likeness (QED) is 0.548. The van der Waals surface area contributed by atoms with Crippen molar-refractivity contribution in [3.63, 3.8) is 0 Å². The van der Waals surface area contributed by atoms with Crippen LogP contribution in [-0.2, 0) is 11.3 Å². The van der Waals surface area contributed by atoms with E-state index in [0.29, 0.717) is 47.6 Å². The lowest BCUT2D eigenvalue weighted by Gasteiger charge is -2.53. The number of aromatic nitrogens is 1. The third-order valence-electron chi connectivity index (χ3n) is 7.12. The van der Waals surface area contributed by atoms with Crippen LogP contribution in [-0.4, -0.2) is 88.1 Å². The Morgan fingerprint density at radius 3 is 2.48 bits per heavy atom. The molecule has 168 valence electrons. The normalized spacial score (nSPS) is 22.3. The van der Waals surface area contributed by atoms with Gasteiger partial charge in [0, 0.05) is 34.9 Å². The van der Waals surface area contributed by atoms with Gasteiger partial charge in [0.15, 0.2) is 11.5 Å². The fourth-order valence-corrected chi connectivity index (χ4v) is 5.73. The highest BCUT2D eigenvalue weighted by Gasteiger charge is 2.45. The maximum absolute atomic E-state index is 13.4. The maximum atomic E-state index is 13.4. The van der Waals surface area contributed by atoms with Crippen LogP contribution in [0.1, 0.15) is 46.2 Å². The topological polar surface area (TPSA) is 75.9 Å². The highest BCUT2D eigenvalue weighted by Crippen LogP contribution is 2.41. The molecule has 1 aromatic carbocycles. The number of ether oxygens (including phenoxy) is 1. The van der Waals surface area contributed by atoms with Crippen molar-refractivity contribution in [2.45, 2.75) is 43.0 Å². The number of rotatable bonds is 4. The highest BCUT2D eigenvalue weighted by molar-refractivity contribution is 6.46. The van der Waals surface area contributed by atoms with Crippen molar-refractivity contribution in [2.75, 3.05) is 13.2 Å². The van der Waals surface area contributed by atoms with Gasteiger partial charge in [0.2, 0.25) is 0 Å². The van der Waals surface area contributed by atoms with E-state index in [4.69, 9.17) is 20.9 Å². The number of hydrogen-bond donors (Lipinski definition) is 0. The molecule has 0 spiro atoms. The van der Waals surface area contributed by atoms with Crippen LogP contribution >= 0.6 is 11.6 Å². The first-order valence-corrected chi connectivity index (χ1v) is 11.9. The van der Waals surface area contributed by atoms with E-state index in [1.54, 1.807) is 12.1 Å². The van der Waals surface area contributed by atoms with Crippen LogP contribution in [0, 0.1) is 5.92 Å². The van der Waals surface area contributed by atoms with E-state index < -0.39 is 10.7 Å². The van der Waals surface area contributed by atoms with Crippen LogP contribution < -0.4 is 0 Å². The molecule has 2 aromatic rings. The smallest absolute Gasteiger partial charge is 0.274 e. The molecule has 1 aromatic heterocycles. The number of hydrogen-bond acceptors (Lipinski definition) is 5. The minimum atomic E-state index is -0.475. The van der Waals surface area contributed by atoms with Crippen LogP contribution in [0.2, 0.25) is 5.02 Å². The molecule has 12 heteroatoms. The van der Waals surface area contributed by atoms with Gasteiger partial charge >= 0.3 is 0 Å². The fraction of sp³-hybridized carbons (Fsp3) is 0.476. The highest BCUT2D eigenvalue weighted by atomic mass is 35.5. The summed E-state index contributed by atoms with van der Waals surface area (Å²) in [6, 6.07) is 5.51. The van der Waals surface area contributed by atoms with Gasteiger partial charge in [-0.15, -0.1) is 0 Å². The molecule has 1 aliphatic carbocycles. The summed E-state index contributed by atoms with van der Waals surface area (Å²) in [7, 11) is 7.94. The van der Waals surface area contributed by atoms with Crippen molar-refractivity contribution in [3.05, 3.63) is 40.0 Å².